The summed E-state index contributed by atoms with van der Waals surface area (Å²) in [6.45, 7) is 2.86. The van der Waals surface area contributed by atoms with Gasteiger partial charge in [-0.2, -0.15) is 0 Å². The maximum atomic E-state index is 11.6. The normalized spacial score (nSPS) is 10.8. The van der Waals surface area contributed by atoms with E-state index in [1.807, 2.05) is 4.72 Å². The predicted octanol–water partition coefficient (Wildman–Crippen LogP) is 0.148. The first-order valence-electron chi connectivity index (χ1n) is 5.18. The van der Waals surface area contributed by atoms with Gasteiger partial charge in [-0.3, -0.25) is 9.59 Å². The van der Waals surface area contributed by atoms with Gasteiger partial charge in [0, 0.05) is 20.4 Å². The van der Waals surface area contributed by atoms with Gasteiger partial charge < -0.3 is 5.32 Å². The summed E-state index contributed by atoms with van der Waals surface area (Å²) in [4.78, 5) is 21.5. The van der Waals surface area contributed by atoms with Gasteiger partial charge in [0.05, 0.1) is 4.90 Å². The fraction of sp³-hybridized carbons (Fsp3) is 0.273. The standard InChI is InChI=1S/C11H14N2O4S/c1-8(14)12-7-10-3-5-11(6-4-10)18(16,17)13-9(2)15/h3-6H,7H2,1-2H3,(H,12,14)(H,13,15). The molecule has 2 N–H and O–H groups in total. The number of rotatable bonds is 4. The number of hydrogen-bond acceptors (Lipinski definition) is 4. The number of carbonyl (C=O) groups excluding carboxylic acids is 2. The first-order chi connectivity index (χ1) is 8.31. The van der Waals surface area contributed by atoms with E-state index in [-0.39, 0.29) is 10.8 Å². The van der Waals surface area contributed by atoms with Crippen LogP contribution in [0.2, 0.25) is 0 Å². The van der Waals surface area contributed by atoms with E-state index in [1.165, 1.54) is 19.1 Å². The Balaban J connectivity index is 2.82. The van der Waals surface area contributed by atoms with Crippen molar-refractivity contribution in [2.24, 2.45) is 0 Å². The van der Waals surface area contributed by atoms with Gasteiger partial charge >= 0.3 is 0 Å². The van der Waals surface area contributed by atoms with Crippen molar-refractivity contribution >= 4 is 21.8 Å². The maximum absolute atomic E-state index is 11.6. The van der Waals surface area contributed by atoms with Gasteiger partial charge in [-0.15, -0.1) is 0 Å². The average molecular weight is 270 g/mol. The Labute approximate surface area is 105 Å². The van der Waals surface area contributed by atoms with Crippen molar-refractivity contribution < 1.29 is 18.0 Å². The summed E-state index contributed by atoms with van der Waals surface area (Å²) in [7, 11) is -3.79. The molecule has 6 nitrogen and oxygen atoms in total. The second-order valence-electron chi connectivity index (χ2n) is 3.72. The Morgan fingerprint density at radius 3 is 2.06 bits per heavy atom. The highest BCUT2D eigenvalue weighted by molar-refractivity contribution is 7.90. The molecule has 0 fully saturated rings. The molecule has 0 unspecified atom stereocenters. The van der Waals surface area contributed by atoms with Crippen LogP contribution in [-0.2, 0) is 26.2 Å². The zero-order chi connectivity index (χ0) is 13.8. The first kappa shape index (κ1) is 14.2. The maximum Gasteiger partial charge on any atom is 0.264 e. The quantitative estimate of drug-likeness (QED) is 0.814. The second kappa shape index (κ2) is 5.63. The van der Waals surface area contributed by atoms with Crippen LogP contribution in [0.15, 0.2) is 29.2 Å². The molecule has 0 saturated carbocycles. The molecule has 7 heteroatoms. The van der Waals surface area contributed by atoms with Crippen LogP contribution in [0.5, 0.6) is 0 Å². The molecule has 98 valence electrons. The van der Waals surface area contributed by atoms with Gasteiger partial charge in [-0.05, 0) is 17.7 Å². The molecule has 0 bridgehead atoms. The van der Waals surface area contributed by atoms with E-state index in [0.29, 0.717) is 6.54 Å². The lowest BCUT2D eigenvalue weighted by Crippen LogP contribution is -2.28. The minimum atomic E-state index is -3.79. The lowest BCUT2D eigenvalue weighted by Gasteiger charge is -2.06. The first-order valence-corrected chi connectivity index (χ1v) is 6.66. The Bertz CT molecular complexity index is 549. The molecule has 0 radical (unpaired) electrons. The van der Waals surface area contributed by atoms with Crippen molar-refractivity contribution in [2.45, 2.75) is 25.3 Å². The number of sulfonamides is 1. The SMILES string of the molecule is CC(=O)NCc1ccc(S(=O)(=O)NC(C)=O)cc1. The van der Waals surface area contributed by atoms with E-state index in [0.717, 1.165) is 12.5 Å². The van der Waals surface area contributed by atoms with Crippen LogP contribution < -0.4 is 10.0 Å². The highest BCUT2D eigenvalue weighted by Gasteiger charge is 2.14. The van der Waals surface area contributed by atoms with Gasteiger partial charge in [0.1, 0.15) is 0 Å². The van der Waals surface area contributed by atoms with Crippen molar-refractivity contribution in [3.63, 3.8) is 0 Å². The lowest BCUT2D eigenvalue weighted by atomic mass is 10.2. The molecule has 18 heavy (non-hydrogen) atoms. The molecule has 0 aliphatic rings. The van der Waals surface area contributed by atoms with Crippen LogP contribution in [0.4, 0.5) is 0 Å². The van der Waals surface area contributed by atoms with Crippen LogP contribution in [0, 0.1) is 0 Å². The van der Waals surface area contributed by atoms with E-state index >= 15 is 0 Å². The summed E-state index contributed by atoms with van der Waals surface area (Å²) in [5.41, 5.74) is 0.770. The molecule has 1 aromatic carbocycles. The highest BCUT2D eigenvalue weighted by Crippen LogP contribution is 2.10. The molecule has 1 rings (SSSR count). The number of nitrogens with one attached hydrogen (secondary N) is 2. The van der Waals surface area contributed by atoms with Crippen molar-refractivity contribution in [2.75, 3.05) is 0 Å². The van der Waals surface area contributed by atoms with Gasteiger partial charge in [0.15, 0.2) is 0 Å². The molecule has 0 saturated heterocycles. The van der Waals surface area contributed by atoms with Crippen molar-refractivity contribution in [3.8, 4) is 0 Å². The van der Waals surface area contributed by atoms with E-state index in [2.05, 4.69) is 5.32 Å². The zero-order valence-corrected chi connectivity index (χ0v) is 10.9. The molecule has 1 aromatic rings. The third-order valence-corrected chi connectivity index (χ3v) is 3.50. The number of carbonyl (C=O) groups is 2. The van der Waals surface area contributed by atoms with E-state index in [9.17, 15) is 18.0 Å². The molecule has 0 heterocycles. The molecule has 0 aliphatic carbocycles. The largest absolute Gasteiger partial charge is 0.352 e. The zero-order valence-electron chi connectivity index (χ0n) is 10.1. The summed E-state index contributed by atoms with van der Waals surface area (Å²) in [5.74, 6) is -0.803. The van der Waals surface area contributed by atoms with Crippen LogP contribution in [0.3, 0.4) is 0 Å². The average Bonchev–Trinajstić information content (AvgIpc) is 2.25. The van der Waals surface area contributed by atoms with Gasteiger partial charge in [-0.1, -0.05) is 12.1 Å². The Morgan fingerprint density at radius 1 is 1.06 bits per heavy atom. The van der Waals surface area contributed by atoms with E-state index in [1.54, 1.807) is 12.1 Å². The van der Waals surface area contributed by atoms with Crippen molar-refractivity contribution in [3.05, 3.63) is 29.8 Å². The molecular formula is C11H14N2O4S. The topological polar surface area (TPSA) is 92.3 Å². The molecular weight excluding hydrogens is 256 g/mol. The number of hydrogen-bond donors (Lipinski definition) is 2. The Hall–Kier alpha value is -1.89. The fourth-order valence-corrected chi connectivity index (χ4v) is 2.25. The van der Waals surface area contributed by atoms with Crippen LogP contribution >= 0.6 is 0 Å². The van der Waals surface area contributed by atoms with Gasteiger partial charge in [-0.25, -0.2) is 13.1 Å². The molecule has 0 aliphatic heterocycles. The summed E-state index contributed by atoms with van der Waals surface area (Å²) < 4.78 is 25.1. The molecule has 0 aromatic heterocycles. The van der Waals surface area contributed by atoms with Gasteiger partial charge in [0.2, 0.25) is 11.8 Å². The lowest BCUT2D eigenvalue weighted by molar-refractivity contribution is -0.119. The number of benzene rings is 1. The second-order valence-corrected chi connectivity index (χ2v) is 5.40. The third-order valence-electron chi connectivity index (χ3n) is 2.05. The highest BCUT2D eigenvalue weighted by atomic mass is 32.2. The van der Waals surface area contributed by atoms with Crippen LogP contribution in [-0.4, -0.2) is 20.2 Å². The van der Waals surface area contributed by atoms with Crippen LogP contribution in [0.1, 0.15) is 19.4 Å². The minimum absolute atomic E-state index is 0.00396. The smallest absolute Gasteiger partial charge is 0.264 e. The van der Waals surface area contributed by atoms with Crippen molar-refractivity contribution in [1.82, 2.24) is 10.0 Å². The third kappa shape index (κ3) is 4.17. The fourth-order valence-electron chi connectivity index (χ4n) is 1.26. The van der Waals surface area contributed by atoms with E-state index in [4.69, 9.17) is 0 Å². The Morgan fingerprint density at radius 2 is 1.61 bits per heavy atom. The van der Waals surface area contributed by atoms with Crippen LogP contribution in [0.25, 0.3) is 0 Å². The van der Waals surface area contributed by atoms with Gasteiger partial charge in [0.25, 0.3) is 10.0 Å². The number of amides is 2. The molecule has 0 atom stereocenters. The Kier molecular flexibility index (Phi) is 4.43. The summed E-state index contributed by atoms with van der Waals surface area (Å²) in [6, 6.07) is 5.90. The summed E-state index contributed by atoms with van der Waals surface area (Å²) in [6.07, 6.45) is 0. The predicted molar refractivity (Wildman–Crippen MR) is 65.0 cm³/mol. The molecule has 2 amide bonds. The minimum Gasteiger partial charge on any atom is -0.352 e. The summed E-state index contributed by atoms with van der Waals surface area (Å²) in [5, 5.41) is 2.59. The monoisotopic (exact) mass is 270 g/mol. The summed E-state index contributed by atoms with van der Waals surface area (Å²) >= 11 is 0. The van der Waals surface area contributed by atoms with E-state index < -0.39 is 15.9 Å². The van der Waals surface area contributed by atoms with Crippen molar-refractivity contribution in [1.29, 1.82) is 0 Å². The molecule has 0 spiro atoms.